The van der Waals surface area contributed by atoms with Gasteiger partial charge in [-0.05, 0) is 54.1 Å². The Labute approximate surface area is 165 Å². The highest BCUT2D eigenvalue weighted by atomic mass is 19.1. The van der Waals surface area contributed by atoms with E-state index >= 15 is 0 Å². The molecule has 146 valence electrons. The van der Waals surface area contributed by atoms with Crippen LogP contribution in [0.3, 0.4) is 0 Å². The minimum absolute atomic E-state index is 0.0746. The number of nitrogens with zero attached hydrogens (tertiary/aromatic N) is 3. The lowest BCUT2D eigenvalue weighted by atomic mass is 10.3. The molecule has 1 aromatic carbocycles. The van der Waals surface area contributed by atoms with Crippen LogP contribution in [0.25, 0.3) is 5.82 Å². The number of halogens is 1. The Bertz CT molecular complexity index is 1090. The first-order valence-corrected chi connectivity index (χ1v) is 8.75. The number of furan rings is 1. The fourth-order valence-corrected chi connectivity index (χ4v) is 2.56. The lowest BCUT2D eigenvalue weighted by Gasteiger charge is -2.06. The van der Waals surface area contributed by atoms with E-state index < -0.39 is 5.97 Å². The molecule has 0 amide bonds. The molecule has 3 aromatic heterocycles. The molecule has 0 aliphatic heterocycles. The van der Waals surface area contributed by atoms with E-state index in [0.29, 0.717) is 17.3 Å². The van der Waals surface area contributed by atoms with Gasteiger partial charge in [0.25, 0.3) is 0 Å². The number of hydrogen-bond donors (Lipinski definition) is 0. The number of rotatable bonds is 7. The Morgan fingerprint density at radius 3 is 2.72 bits per heavy atom. The quantitative estimate of drug-likeness (QED) is 0.443. The Hall–Kier alpha value is -3.94. The van der Waals surface area contributed by atoms with E-state index in [-0.39, 0.29) is 24.8 Å². The van der Waals surface area contributed by atoms with Gasteiger partial charge in [-0.1, -0.05) is 0 Å². The molecular weight excluding hydrogens is 377 g/mol. The van der Waals surface area contributed by atoms with Gasteiger partial charge in [-0.2, -0.15) is 0 Å². The van der Waals surface area contributed by atoms with Crippen LogP contribution in [0.15, 0.2) is 77.9 Å². The molecule has 0 radical (unpaired) electrons. The van der Waals surface area contributed by atoms with Crippen molar-refractivity contribution in [2.45, 2.75) is 13.2 Å². The molecule has 4 aromatic rings. The third-order valence-corrected chi connectivity index (χ3v) is 4.01. The molecule has 7 nitrogen and oxygen atoms in total. The molecule has 0 fully saturated rings. The Morgan fingerprint density at radius 1 is 1.07 bits per heavy atom. The molecule has 29 heavy (non-hydrogen) atoms. The van der Waals surface area contributed by atoms with E-state index in [4.69, 9.17) is 13.9 Å². The normalized spacial score (nSPS) is 10.7. The van der Waals surface area contributed by atoms with Gasteiger partial charge in [-0.3, -0.25) is 4.57 Å². The smallest absolute Gasteiger partial charge is 0.374 e. The molecule has 8 heteroatoms. The van der Waals surface area contributed by atoms with Crippen LogP contribution < -0.4 is 4.74 Å². The van der Waals surface area contributed by atoms with E-state index in [0.717, 1.165) is 5.56 Å². The van der Waals surface area contributed by atoms with E-state index in [9.17, 15) is 9.18 Å². The molecule has 0 spiro atoms. The maximum atomic E-state index is 12.9. The van der Waals surface area contributed by atoms with E-state index in [1.54, 1.807) is 47.7 Å². The predicted molar refractivity (Wildman–Crippen MR) is 99.9 cm³/mol. The number of ether oxygens (including phenoxy) is 2. The highest BCUT2D eigenvalue weighted by Crippen LogP contribution is 2.16. The number of carbonyl (C=O) groups excluding carboxylic acids is 1. The Morgan fingerprint density at radius 2 is 1.93 bits per heavy atom. The summed E-state index contributed by atoms with van der Waals surface area (Å²) in [7, 11) is 0. The Kier molecular flexibility index (Phi) is 5.33. The molecule has 0 saturated carbocycles. The SMILES string of the molecule is O=C(OCc1ccnc(-n2ccnc2)c1)c1ccc(COc2ccc(F)cc2)o1. The summed E-state index contributed by atoms with van der Waals surface area (Å²) in [5.74, 6) is 0.775. The second kappa shape index (κ2) is 8.39. The van der Waals surface area contributed by atoms with Gasteiger partial charge in [0.1, 0.15) is 42.7 Å². The van der Waals surface area contributed by atoms with Crippen LogP contribution in [0.4, 0.5) is 4.39 Å². The maximum Gasteiger partial charge on any atom is 0.374 e. The lowest BCUT2D eigenvalue weighted by molar-refractivity contribution is 0.0432. The maximum absolute atomic E-state index is 12.9. The average molecular weight is 393 g/mol. The fraction of sp³-hybridized carbons (Fsp3) is 0.0952. The van der Waals surface area contributed by atoms with Crippen molar-refractivity contribution in [1.82, 2.24) is 14.5 Å². The molecule has 0 saturated heterocycles. The third-order valence-electron chi connectivity index (χ3n) is 4.01. The van der Waals surface area contributed by atoms with Crippen LogP contribution in [0.5, 0.6) is 5.75 Å². The van der Waals surface area contributed by atoms with Gasteiger partial charge >= 0.3 is 5.97 Å². The van der Waals surface area contributed by atoms with Crippen molar-refractivity contribution < 1.29 is 23.1 Å². The van der Waals surface area contributed by atoms with E-state index in [1.807, 2.05) is 0 Å². The summed E-state index contributed by atoms with van der Waals surface area (Å²) >= 11 is 0. The van der Waals surface area contributed by atoms with Crippen molar-refractivity contribution in [2.75, 3.05) is 0 Å². The summed E-state index contributed by atoms with van der Waals surface area (Å²) in [6, 6.07) is 12.4. The fourth-order valence-electron chi connectivity index (χ4n) is 2.56. The minimum Gasteiger partial charge on any atom is -0.486 e. The first-order chi connectivity index (χ1) is 14.2. The van der Waals surface area contributed by atoms with Crippen molar-refractivity contribution >= 4 is 5.97 Å². The summed E-state index contributed by atoms with van der Waals surface area (Å²) in [5.41, 5.74) is 0.781. The molecule has 4 rings (SSSR count). The number of esters is 1. The largest absolute Gasteiger partial charge is 0.486 e. The zero-order chi connectivity index (χ0) is 20.1. The summed E-state index contributed by atoms with van der Waals surface area (Å²) in [6.07, 6.45) is 6.70. The number of benzene rings is 1. The zero-order valence-corrected chi connectivity index (χ0v) is 15.2. The summed E-state index contributed by atoms with van der Waals surface area (Å²) in [4.78, 5) is 20.5. The van der Waals surface area contributed by atoms with Gasteiger partial charge in [-0.25, -0.2) is 19.2 Å². The Balaban J connectivity index is 1.32. The highest BCUT2D eigenvalue weighted by molar-refractivity contribution is 5.86. The van der Waals surface area contributed by atoms with Crippen molar-refractivity contribution in [2.24, 2.45) is 0 Å². The standard InChI is InChI=1S/C21H16FN3O4/c22-16-1-3-17(4-2-16)27-13-18-5-6-19(29-18)21(26)28-12-15-7-8-24-20(11-15)25-10-9-23-14-25/h1-11,14H,12-13H2. The van der Waals surface area contributed by atoms with Crippen LogP contribution in [0.1, 0.15) is 21.9 Å². The van der Waals surface area contributed by atoms with Gasteiger partial charge in [0.15, 0.2) is 0 Å². The first-order valence-electron chi connectivity index (χ1n) is 8.75. The van der Waals surface area contributed by atoms with Gasteiger partial charge in [0.2, 0.25) is 5.76 Å². The van der Waals surface area contributed by atoms with Crippen molar-refractivity contribution in [3.05, 3.63) is 96.3 Å². The first kappa shape index (κ1) is 18.4. The van der Waals surface area contributed by atoms with Crippen LogP contribution in [-0.4, -0.2) is 20.5 Å². The molecule has 0 unspecified atom stereocenters. The van der Waals surface area contributed by atoms with Crippen molar-refractivity contribution in [1.29, 1.82) is 0 Å². The van der Waals surface area contributed by atoms with E-state index in [2.05, 4.69) is 9.97 Å². The van der Waals surface area contributed by atoms with E-state index in [1.165, 1.54) is 30.3 Å². The summed E-state index contributed by atoms with van der Waals surface area (Å²) in [6.45, 7) is 0.183. The lowest BCUT2D eigenvalue weighted by Crippen LogP contribution is -2.05. The van der Waals surface area contributed by atoms with Crippen LogP contribution in [-0.2, 0) is 18.0 Å². The highest BCUT2D eigenvalue weighted by Gasteiger charge is 2.14. The van der Waals surface area contributed by atoms with Crippen molar-refractivity contribution in [3.8, 4) is 11.6 Å². The predicted octanol–water partition coefficient (Wildman–Crippen LogP) is 3.94. The number of hydrogen-bond acceptors (Lipinski definition) is 6. The molecule has 3 heterocycles. The van der Waals surface area contributed by atoms with Crippen molar-refractivity contribution in [3.63, 3.8) is 0 Å². The van der Waals surface area contributed by atoms with Crippen LogP contribution in [0, 0.1) is 5.82 Å². The summed E-state index contributed by atoms with van der Waals surface area (Å²) in [5, 5.41) is 0. The molecule has 0 bridgehead atoms. The molecule has 0 N–H and O–H groups in total. The minimum atomic E-state index is -0.584. The average Bonchev–Trinajstić information content (AvgIpc) is 3.44. The summed E-state index contributed by atoms with van der Waals surface area (Å²) < 4.78 is 30.9. The number of carbonyl (C=O) groups is 1. The molecular formula is C21H16FN3O4. The molecule has 0 aliphatic carbocycles. The third kappa shape index (κ3) is 4.67. The zero-order valence-electron chi connectivity index (χ0n) is 15.2. The van der Waals surface area contributed by atoms with Gasteiger partial charge in [0.05, 0.1) is 0 Å². The second-order valence-electron chi connectivity index (χ2n) is 6.08. The number of pyridine rings is 1. The van der Waals surface area contributed by atoms with Crippen LogP contribution >= 0.6 is 0 Å². The molecule has 0 aliphatic rings. The number of imidazole rings is 1. The van der Waals surface area contributed by atoms with Gasteiger partial charge < -0.3 is 13.9 Å². The van der Waals surface area contributed by atoms with Crippen LogP contribution in [0.2, 0.25) is 0 Å². The van der Waals surface area contributed by atoms with Gasteiger partial charge in [-0.15, -0.1) is 0 Å². The second-order valence-corrected chi connectivity index (χ2v) is 6.08. The molecule has 0 atom stereocenters. The topological polar surface area (TPSA) is 79.4 Å². The van der Waals surface area contributed by atoms with Gasteiger partial charge in [0, 0.05) is 18.6 Å². The number of aromatic nitrogens is 3. The monoisotopic (exact) mass is 393 g/mol.